The highest BCUT2D eigenvalue weighted by Crippen LogP contribution is 2.36. The van der Waals surface area contributed by atoms with Crippen molar-refractivity contribution < 1.29 is 13.2 Å². The molecule has 174 valence electrons. The minimum absolute atomic E-state index is 0.107. The maximum atomic E-state index is 13.1. The van der Waals surface area contributed by atoms with Crippen molar-refractivity contribution in [2.75, 3.05) is 5.32 Å². The normalized spacial score (nSPS) is 14.9. The molecule has 1 heterocycles. The van der Waals surface area contributed by atoms with E-state index in [1.54, 1.807) is 28.9 Å². The van der Waals surface area contributed by atoms with Crippen LogP contribution in [0, 0.1) is 12.8 Å². The molecular formula is C23H28N6O3S. The number of tetrazole rings is 1. The standard InChI is InChI=1S/C23H28N6O3S/c1-15(2)13-21(26-33(31,32)20-11-7-16(3)8-12-20)23(30)24-18-6-4-5-17(14-18)22-25-27-28-29(22)19-9-10-19/h4-8,11-12,14-15,19,21,26H,9-10,13H2,1-3H3,(H,24,30)/t21-/m1/s1. The molecule has 10 heteroatoms. The summed E-state index contributed by atoms with van der Waals surface area (Å²) < 4.78 is 30.2. The Hall–Kier alpha value is -3.11. The Balaban J connectivity index is 1.53. The molecule has 1 atom stereocenters. The van der Waals surface area contributed by atoms with Crippen molar-refractivity contribution in [2.24, 2.45) is 5.92 Å². The summed E-state index contributed by atoms with van der Waals surface area (Å²) in [4.78, 5) is 13.2. The Morgan fingerprint density at radius 3 is 2.55 bits per heavy atom. The molecule has 1 saturated carbocycles. The smallest absolute Gasteiger partial charge is 0.242 e. The topological polar surface area (TPSA) is 119 Å². The maximum Gasteiger partial charge on any atom is 0.242 e. The molecule has 0 bridgehead atoms. The Labute approximate surface area is 193 Å². The minimum Gasteiger partial charge on any atom is -0.325 e. The van der Waals surface area contributed by atoms with Crippen LogP contribution in [0.2, 0.25) is 0 Å². The first-order chi connectivity index (χ1) is 15.7. The molecule has 1 aliphatic carbocycles. The summed E-state index contributed by atoms with van der Waals surface area (Å²) in [6.45, 7) is 5.77. The average molecular weight is 469 g/mol. The summed E-state index contributed by atoms with van der Waals surface area (Å²) in [6, 6.07) is 13.2. The number of anilines is 1. The molecule has 0 unspecified atom stereocenters. The second kappa shape index (κ2) is 9.40. The predicted octanol–water partition coefficient (Wildman–Crippen LogP) is 3.32. The highest BCUT2D eigenvalue weighted by Gasteiger charge is 2.29. The van der Waals surface area contributed by atoms with Gasteiger partial charge in [0.25, 0.3) is 0 Å². The van der Waals surface area contributed by atoms with Crippen molar-refractivity contribution in [1.29, 1.82) is 0 Å². The summed E-state index contributed by atoms with van der Waals surface area (Å²) in [5, 5.41) is 14.8. The zero-order valence-corrected chi connectivity index (χ0v) is 19.7. The monoisotopic (exact) mass is 468 g/mol. The van der Waals surface area contributed by atoms with Crippen LogP contribution in [-0.4, -0.2) is 40.6 Å². The predicted molar refractivity (Wildman–Crippen MR) is 125 cm³/mol. The van der Waals surface area contributed by atoms with Crippen LogP contribution >= 0.6 is 0 Å². The lowest BCUT2D eigenvalue weighted by Crippen LogP contribution is -2.44. The van der Waals surface area contributed by atoms with Crippen molar-refractivity contribution in [3.8, 4) is 11.4 Å². The van der Waals surface area contributed by atoms with E-state index in [2.05, 4.69) is 25.6 Å². The number of carbonyl (C=O) groups is 1. The number of benzene rings is 2. The second-order valence-corrected chi connectivity index (χ2v) is 10.6. The van der Waals surface area contributed by atoms with E-state index in [0.717, 1.165) is 24.0 Å². The van der Waals surface area contributed by atoms with E-state index in [4.69, 9.17) is 0 Å². The quantitative estimate of drug-likeness (QED) is 0.497. The van der Waals surface area contributed by atoms with Crippen LogP contribution in [-0.2, 0) is 14.8 Å². The van der Waals surface area contributed by atoms with Gasteiger partial charge < -0.3 is 5.32 Å². The number of sulfonamides is 1. The summed E-state index contributed by atoms with van der Waals surface area (Å²) >= 11 is 0. The number of nitrogens with zero attached hydrogens (tertiary/aromatic N) is 4. The fraction of sp³-hybridized carbons (Fsp3) is 0.391. The molecule has 1 fully saturated rings. The van der Waals surface area contributed by atoms with E-state index in [-0.39, 0.29) is 10.8 Å². The van der Waals surface area contributed by atoms with Crippen LogP contribution in [0.1, 0.15) is 44.7 Å². The van der Waals surface area contributed by atoms with Gasteiger partial charge in [-0.15, -0.1) is 5.10 Å². The maximum absolute atomic E-state index is 13.1. The van der Waals surface area contributed by atoms with E-state index in [1.807, 2.05) is 32.9 Å². The zero-order chi connectivity index (χ0) is 23.6. The van der Waals surface area contributed by atoms with Gasteiger partial charge in [-0.2, -0.15) is 4.72 Å². The lowest BCUT2D eigenvalue weighted by atomic mass is 10.0. The molecular weight excluding hydrogens is 440 g/mol. The SMILES string of the molecule is Cc1ccc(S(=O)(=O)N[C@H](CC(C)C)C(=O)Nc2cccc(-c3nnnn3C3CC3)c2)cc1. The summed E-state index contributed by atoms with van der Waals surface area (Å²) in [5.41, 5.74) is 2.29. The number of carbonyl (C=O) groups excluding carboxylic acids is 1. The average Bonchev–Trinajstić information content (AvgIpc) is 3.49. The highest BCUT2D eigenvalue weighted by molar-refractivity contribution is 7.89. The molecule has 0 saturated heterocycles. The molecule has 1 amide bonds. The molecule has 2 N–H and O–H groups in total. The molecule has 3 aromatic rings. The fourth-order valence-electron chi connectivity index (χ4n) is 3.57. The molecule has 0 aliphatic heterocycles. The third-order valence-electron chi connectivity index (χ3n) is 5.43. The zero-order valence-electron chi connectivity index (χ0n) is 18.9. The molecule has 2 aromatic carbocycles. The van der Waals surface area contributed by atoms with Gasteiger partial charge in [0.1, 0.15) is 6.04 Å². The van der Waals surface area contributed by atoms with Gasteiger partial charge in [-0.3, -0.25) is 4.79 Å². The van der Waals surface area contributed by atoms with Crippen molar-refractivity contribution in [1.82, 2.24) is 24.9 Å². The van der Waals surface area contributed by atoms with Crippen molar-refractivity contribution in [3.63, 3.8) is 0 Å². The van der Waals surface area contributed by atoms with Gasteiger partial charge in [0, 0.05) is 11.3 Å². The fourth-order valence-corrected chi connectivity index (χ4v) is 4.78. The highest BCUT2D eigenvalue weighted by atomic mass is 32.2. The van der Waals surface area contributed by atoms with Crippen LogP contribution in [0.5, 0.6) is 0 Å². The van der Waals surface area contributed by atoms with Gasteiger partial charge in [-0.05, 0) is 66.8 Å². The third-order valence-corrected chi connectivity index (χ3v) is 6.91. The van der Waals surface area contributed by atoms with Crippen LogP contribution in [0.3, 0.4) is 0 Å². The number of aromatic nitrogens is 4. The van der Waals surface area contributed by atoms with E-state index in [9.17, 15) is 13.2 Å². The molecule has 9 nitrogen and oxygen atoms in total. The van der Waals surface area contributed by atoms with Gasteiger partial charge in [0.05, 0.1) is 10.9 Å². The van der Waals surface area contributed by atoms with Crippen molar-refractivity contribution >= 4 is 21.6 Å². The molecule has 1 aliphatic rings. The number of nitrogens with one attached hydrogen (secondary N) is 2. The van der Waals surface area contributed by atoms with Crippen molar-refractivity contribution in [2.45, 2.75) is 57.0 Å². The molecule has 0 spiro atoms. The first kappa shape index (κ1) is 23.1. The Kier molecular flexibility index (Phi) is 6.57. The summed E-state index contributed by atoms with van der Waals surface area (Å²) in [5.74, 6) is 0.335. The molecule has 4 rings (SSSR count). The lowest BCUT2D eigenvalue weighted by Gasteiger charge is -2.20. The minimum atomic E-state index is -3.85. The van der Waals surface area contributed by atoms with Crippen LogP contribution < -0.4 is 10.0 Å². The van der Waals surface area contributed by atoms with Gasteiger partial charge in [-0.25, -0.2) is 13.1 Å². The van der Waals surface area contributed by atoms with Crippen LogP contribution in [0.25, 0.3) is 11.4 Å². The van der Waals surface area contributed by atoms with Gasteiger partial charge in [0.2, 0.25) is 15.9 Å². The Morgan fingerprint density at radius 2 is 1.88 bits per heavy atom. The van der Waals surface area contributed by atoms with Gasteiger partial charge >= 0.3 is 0 Å². The number of rotatable bonds is 9. The molecule has 33 heavy (non-hydrogen) atoms. The van der Waals surface area contributed by atoms with Crippen LogP contribution in [0.4, 0.5) is 5.69 Å². The molecule has 0 radical (unpaired) electrons. The second-order valence-electron chi connectivity index (χ2n) is 8.86. The van der Waals surface area contributed by atoms with E-state index in [0.29, 0.717) is 24.0 Å². The number of hydrogen-bond acceptors (Lipinski definition) is 6. The van der Waals surface area contributed by atoms with E-state index >= 15 is 0 Å². The Morgan fingerprint density at radius 1 is 1.15 bits per heavy atom. The first-order valence-corrected chi connectivity index (χ1v) is 12.5. The lowest BCUT2D eigenvalue weighted by molar-refractivity contribution is -0.118. The van der Waals surface area contributed by atoms with E-state index < -0.39 is 22.0 Å². The van der Waals surface area contributed by atoms with Crippen molar-refractivity contribution in [3.05, 3.63) is 54.1 Å². The summed E-state index contributed by atoms with van der Waals surface area (Å²) in [6.07, 6.45) is 2.45. The Bertz CT molecular complexity index is 1230. The third kappa shape index (κ3) is 5.63. The van der Waals surface area contributed by atoms with Gasteiger partial charge in [0.15, 0.2) is 5.82 Å². The van der Waals surface area contributed by atoms with Crippen LogP contribution in [0.15, 0.2) is 53.4 Å². The summed E-state index contributed by atoms with van der Waals surface area (Å²) in [7, 11) is -3.85. The van der Waals surface area contributed by atoms with Gasteiger partial charge in [-0.1, -0.05) is 43.7 Å². The number of hydrogen-bond donors (Lipinski definition) is 2. The first-order valence-electron chi connectivity index (χ1n) is 11.0. The number of amides is 1. The van der Waals surface area contributed by atoms with E-state index in [1.165, 1.54) is 12.1 Å². The molecule has 1 aromatic heterocycles. The number of aryl methyl sites for hydroxylation is 1. The largest absolute Gasteiger partial charge is 0.325 e.